The Morgan fingerprint density at radius 2 is 1.76 bits per heavy atom. The van der Waals surface area contributed by atoms with E-state index in [0.717, 1.165) is 0 Å². The van der Waals surface area contributed by atoms with Gasteiger partial charge in [0.2, 0.25) is 0 Å². The summed E-state index contributed by atoms with van der Waals surface area (Å²) in [5.74, 6) is -1.88. The zero-order chi connectivity index (χ0) is 18.2. The molecule has 0 unspecified atom stereocenters. The van der Waals surface area contributed by atoms with Gasteiger partial charge in [-0.05, 0) is 29.8 Å². The molecule has 8 heteroatoms. The van der Waals surface area contributed by atoms with Gasteiger partial charge in [0.05, 0.1) is 11.1 Å². The zero-order valence-corrected chi connectivity index (χ0v) is 12.7. The van der Waals surface area contributed by atoms with E-state index in [0.29, 0.717) is 16.2 Å². The van der Waals surface area contributed by atoms with Gasteiger partial charge in [-0.2, -0.15) is 13.2 Å². The maximum absolute atomic E-state index is 12.9. The highest BCUT2D eigenvalue weighted by Crippen LogP contribution is 2.35. The van der Waals surface area contributed by atoms with Gasteiger partial charge in [-0.1, -0.05) is 24.3 Å². The first-order valence-corrected chi connectivity index (χ1v) is 7.33. The SMILES string of the molecule is O=C(O)c1ccc([C@@H]2Nc3ccccc3C(=O)N2CC(F)(F)F)cc1. The molecule has 130 valence electrons. The Hall–Kier alpha value is -3.03. The molecular weight excluding hydrogens is 337 g/mol. The van der Waals surface area contributed by atoms with Crippen LogP contribution in [0.2, 0.25) is 0 Å². The summed E-state index contributed by atoms with van der Waals surface area (Å²) < 4.78 is 38.8. The first kappa shape index (κ1) is 16.8. The number of carboxylic acid groups (broad SMARTS) is 1. The topological polar surface area (TPSA) is 69.6 Å². The van der Waals surface area contributed by atoms with Gasteiger partial charge in [-0.25, -0.2) is 4.79 Å². The Balaban J connectivity index is 2.02. The van der Waals surface area contributed by atoms with Gasteiger partial charge in [-0.15, -0.1) is 0 Å². The van der Waals surface area contributed by atoms with Crippen LogP contribution in [0.3, 0.4) is 0 Å². The standard InChI is InChI=1S/C17H13F3N2O3/c18-17(19,20)9-22-14(10-5-7-11(8-6-10)16(24)25)21-13-4-2-1-3-12(13)15(22)23/h1-8,14,21H,9H2,(H,24,25)/t14-/m1/s1. The molecule has 25 heavy (non-hydrogen) atoms. The number of fused-ring (bicyclic) bond motifs is 1. The van der Waals surface area contributed by atoms with Crippen LogP contribution in [0, 0.1) is 0 Å². The lowest BCUT2D eigenvalue weighted by atomic mass is 10.0. The molecule has 0 aromatic heterocycles. The highest BCUT2D eigenvalue weighted by atomic mass is 19.4. The summed E-state index contributed by atoms with van der Waals surface area (Å²) in [4.78, 5) is 24.2. The lowest BCUT2D eigenvalue weighted by Crippen LogP contribution is -2.47. The third kappa shape index (κ3) is 3.42. The van der Waals surface area contributed by atoms with Crippen molar-refractivity contribution in [2.24, 2.45) is 0 Å². The van der Waals surface area contributed by atoms with Crippen LogP contribution in [-0.2, 0) is 0 Å². The second-order valence-corrected chi connectivity index (χ2v) is 5.57. The molecule has 1 aliphatic heterocycles. The van der Waals surface area contributed by atoms with Gasteiger partial charge in [0.25, 0.3) is 5.91 Å². The van der Waals surface area contributed by atoms with Gasteiger partial charge >= 0.3 is 12.1 Å². The number of carboxylic acids is 1. The fourth-order valence-corrected chi connectivity index (χ4v) is 2.72. The Bertz CT molecular complexity index is 819. The highest BCUT2D eigenvalue weighted by Gasteiger charge is 2.40. The summed E-state index contributed by atoms with van der Waals surface area (Å²) in [6.07, 6.45) is -5.62. The highest BCUT2D eigenvalue weighted by molar-refractivity contribution is 6.01. The Morgan fingerprint density at radius 3 is 2.36 bits per heavy atom. The van der Waals surface area contributed by atoms with Crippen molar-refractivity contribution in [3.63, 3.8) is 0 Å². The van der Waals surface area contributed by atoms with Crippen LogP contribution in [0.4, 0.5) is 18.9 Å². The number of carbonyl (C=O) groups is 2. The average Bonchev–Trinajstić information content (AvgIpc) is 2.56. The molecule has 0 spiro atoms. The van der Waals surface area contributed by atoms with Crippen molar-refractivity contribution in [3.05, 3.63) is 65.2 Å². The van der Waals surface area contributed by atoms with Crippen molar-refractivity contribution in [2.45, 2.75) is 12.3 Å². The van der Waals surface area contributed by atoms with Crippen LogP contribution in [0.1, 0.15) is 32.4 Å². The molecule has 1 atom stereocenters. The number of amides is 1. The minimum atomic E-state index is -4.57. The van der Waals surface area contributed by atoms with Crippen LogP contribution in [-0.4, -0.2) is 34.6 Å². The number of benzene rings is 2. The summed E-state index contributed by atoms with van der Waals surface area (Å²) in [6, 6.07) is 11.7. The number of anilines is 1. The average molecular weight is 350 g/mol. The number of para-hydroxylation sites is 1. The Morgan fingerprint density at radius 1 is 1.12 bits per heavy atom. The van der Waals surface area contributed by atoms with Crippen molar-refractivity contribution in [1.29, 1.82) is 0 Å². The smallest absolute Gasteiger partial charge is 0.406 e. The molecule has 2 aromatic carbocycles. The maximum atomic E-state index is 12.9. The predicted molar refractivity (Wildman–Crippen MR) is 83.3 cm³/mol. The normalized spacial score (nSPS) is 17.0. The van der Waals surface area contributed by atoms with Gasteiger partial charge in [0.15, 0.2) is 0 Å². The van der Waals surface area contributed by atoms with Crippen molar-refractivity contribution >= 4 is 17.6 Å². The summed E-state index contributed by atoms with van der Waals surface area (Å²) in [5, 5.41) is 11.9. The van der Waals surface area contributed by atoms with E-state index in [9.17, 15) is 22.8 Å². The van der Waals surface area contributed by atoms with Gasteiger partial charge in [0, 0.05) is 5.69 Å². The van der Waals surface area contributed by atoms with Crippen molar-refractivity contribution < 1.29 is 27.9 Å². The molecule has 3 rings (SSSR count). The molecule has 0 saturated heterocycles. The molecule has 0 bridgehead atoms. The summed E-state index contributed by atoms with van der Waals surface area (Å²) in [6.45, 7) is -1.42. The second kappa shape index (κ2) is 6.12. The zero-order valence-electron chi connectivity index (χ0n) is 12.7. The lowest BCUT2D eigenvalue weighted by molar-refractivity contribution is -0.144. The fourth-order valence-electron chi connectivity index (χ4n) is 2.72. The lowest BCUT2D eigenvalue weighted by Gasteiger charge is -2.38. The van der Waals surface area contributed by atoms with Gasteiger partial charge in [0.1, 0.15) is 12.7 Å². The quantitative estimate of drug-likeness (QED) is 0.889. The maximum Gasteiger partial charge on any atom is 0.406 e. The first-order chi connectivity index (χ1) is 11.8. The number of alkyl halides is 3. The number of nitrogens with one attached hydrogen (secondary N) is 1. The summed E-state index contributed by atoms with van der Waals surface area (Å²) in [5.41, 5.74) is 0.953. The van der Waals surface area contributed by atoms with Crippen molar-refractivity contribution in [3.8, 4) is 0 Å². The molecule has 5 nitrogen and oxygen atoms in total. The molecule has 0 saturated carbocycles. The van der Waals surface area contributed by atoms with Crippen LogP contribution in [0.5, 0.6) is 0 Å². The Kier molecular flexibility index (Phi) is 4.12. The third-order valence-corrected chi connectivity index (χ3v) is 3.85. The van der Waals surface area contributed by atoms with E-state index < -0.39 is 30.8 Å². The molecule has 0 aliphatic carbocycles. The van der Waals surface area contributed by atoms with E-state index in [1.165, 1.54) is 30.3 Å². The molecule has 2 aromatic rings. The first-order valence-electron chi connectivity index (χ1n) is 7.33. The third-order valence-electron chi connectivity index (χ3n) is 3.85. The predicted octanol–water partition coefficient (Wildman–Crippen LogP) is 3.51. The second-order valence-electron chi connectivity index (χ2n) is 5.57. The minimum Gasteiger partial charge on any atom is -0.478 e. The van der Waals surface area contributed by atoms with E-state index in [1.807, 2.05) is 0 Å². The number of hydrogen-bond donors (Lipinski definition) is 2. The largest absolute Gasteiger partial charge is 0.478 e. The van der Waals surface area contributed by atoms with E-state index in [1.54, 1.807) is 18.2 Å². The van der Waals surface area contributed by atoms with Crippen molar-refractivity contribution in [1.82, 2.24) is 4.90 Å². The minimum absolute atomic E-state index is 0.00802. The van der Waals surface area contributed by atoms with E-state index >= 15 is 0 Å². The van der Waals surface area contributed by atoms with Crippen molar-refractivity contribution in [2.75, 3.05) is 11.9 Å². The summed E-state index contributed by atoms with van der Waals surface area (Å²) in [7, 11) is 0. The van der Waals surface area contributed by atoms with Crippen LogP contribution in [0.25, 0.3) is 0 Å². The Labute approximate surface area is 140 Å². The fraction of sp³-hybridized carbons (Fsp3) is 0.176. The monoisotopic (exact) mass is 350 g/mol. The number of hydrogen-bond acceptors (Lipinski definition) is 3. The summed E-state index contributed by atoms with van der Waals surface area (Å²) >= 11 is 0. The van der Waals surface area contributed by atoms with Crippen LogP contribution in [0.15, 0.2) is 48.5 Å². The van der Waals surface area contributed by atoms with Gasteiger partial charge in [-0.3, -0.25) is 4.79 Å². The number of halogens is 3. The number of nitrogens with zero attached hydrogens (tertiary/aromatic N) is 1. The molecule has 0 radical (unpaired) electrons. The molecule has 1 heterocycles. The molecule has 2 N–H and O–H groups in total. The molecule has 0 fully saturated rings. The molecule has 1 amide bonds. The molecular formula is C17H13F3N2O3. The number of rotatable bonds is 3. The number of carbonyl (C=O) groups excluding carboxylic acids is 1. The van der Waals surface area contributed by atoms with E-state index in [-0.39, 0.29) is 11.1 Å². The number of aromatic carboxylic acids is 1. The van der Waals surface area contributed by atoms with Crippen LogP contribution < -0.4 is 5.32 Å². The van der Waals surface area contributed by atoms with Gasteiger partial charge < -0.3 is 15.3 Å². The van der Waals surface area contributed by atoms with Crippen LogP contribution >= 0.6 is 0 Å². The van der Waals surface area contributed by atoms with E-state index in [2.05, 4.69) is 5.32 Å². The van der Waals surface area contributed by atoms with E-state index in [4.69, 9.17) is 5.11 Å². The molecule has 1 aliphatic rings.